The van der Waals surface area contributed by atoms with E-state index in [0.29, 0.717) is 5.75 Å². The van der Waals surface area contributed by atoms with Crippen molar-refractivity contribution in [1.82, 2.24) is 0 Å². The smallest absolute Gasteiger partial charge is 0.119 e. The van der Waals surface area contributed by atoms with E-state index in [0.717, 1.165) is 18.4 Å². The highest BCUT2D eigenvalue weighted by Crippen LogP contribution is 2.27. The number of aromatic hydroxyl groups is 1. The summed E-state index contributed by atoms with van der Waals surface area (Å²) in [5, 5.41) is 9.91. The molecule has 0 fully saturated rings. The van der Waals surface area contributed by atoms with Gasteiger partial charge in [0.15, 0.2) is 0 Å². The molecule has 0 heterocycles. The summed E-state index contributed by atoms with van der Waals surface area (Å²) in [7, 11) is 0. The third kappa shape index (κ3) is 3.05. The van der Waals surface area contributed by atoms with E-state index in [1.165, 1.54) is 16.7 Å². The summed E-state index contributed by atoms with van der Waals surface area (Å²) in [5.74, 6) is 0.413. The molecule has 0 spiro atoms. The number of hydrogen-bond donors (Lipinski definition) is 1. The molecule has 0 aromatic heterocycles. The lowest BCUT2D eigenvalue weighted by atomic mass is 9.95. The van der Waals surface area contributed by atoms with Gasteiger partial charge in [-0.05, 0) is 41.2 Å². The lowest BCUT2D eigenvalue weighted by Gasteiger charge is -2.11. The number of hydrogen-bond acceptors (Lipinski definition) is 1. The summed E-state index contributed by atoms with van der Waals surface area (Å²) in [4.78, 5) is 0. The second kappa shape index (κ2) is 6.24. The van der Waals surface area contributed by atoms with Gasteiger partial charge in [0.1, 0.15) is 5.75 Å². The van der Waals surface area contributed by atoms with Crippen LogP contribution in [-0.2, 0) is 12.8 Å². The monoisotopic (exact) mass is 252 g/mol. The van der Waals surface area contributed by atoms with Crippen molar-refractivity contribution in [2.45, 2.75) is 26.7 Å². The summed E-state index contributed by atoms with van der Waals surface area (Å²) in [6.07, 6.45) is 6.05. The molecule has 0 radical (unpaired) electrons. The average molecular weight is 252 g/mol. The lowest BCUT2D eigenvalue weighted by molar-refractivity contribution is 0.467. The van der Waals surface area contributed by atoms with Crippen molar-refractivity contribution in [3.05, 3.63) is 64.7 Å². The SMILES string of the molecule is CCc1c(O)ccc(/C=C/c2ccccc2)c1CC. The van der Waals surface area contributed by atoms with Gasteiger partial charge in [-0.15, -0.1) is 0 Å². The molecule has 98 valence electrons. The predicted octanol–water partition coefficient (Wildman–Crippen LogP) is 4.69. The van der Waals surface area contributed by atoms with Gasteiger partial charge in [-0.25, -0.2) is 0 Å². The van der Waals surface area contributed by atoms with Gasteiger partial charge >= 0.3 is 0 Å². The van der Waals surface area contributed by atoms with Crippen molar-refractivity contribution in [3.63, 3.8) is 0 Å². The van der Waals surface area contributed by atoms with Crippen LogP contribution < -0.4 is 0 Å². The fourth-order valence-corrected chi connectivity index (χ4v) is 2.42. The molecule has 0 saturated heterocycles. The molecule has 1 nitrogen and oxygen atoms in total. The van der Waals surface area contributed by atoms with Crippen LogP contribution in [0, 0.1) is 0 Å². The summed E-state index contributed by atoms with van der Waals surface area (Å²) in [5.41, 5.74) is 4.70. The molecule has 0 saturated carbocycles. The summed E-state index contributed by atoms with van der Waals surface area (Å²) < 4.78 is 0. The van der Waals surface area contributed by atoms with Crippen LogP contribution in [0.2, 0.25) is 0 Å². The first-order valence-corrected chi connectivity index (χ1v) is 6.83. The molecule has 2 aromatic carbocycles. The second-order valence-electron chi connectivity index (χ2n) is 4.58. The minimum atomic E-state index is 0.413. The Bertz CT molecular complexity index is 568. The van der Waals surface area contributed by atoms with E-state index in [2.05, 4.69) is 38.1 Å². The van der Waals surface area contributed by atoms with Crippen LogP contribution in [0.1, 0.15) is 36.1 Å². The molecule has 0 aliphatic carbocycles. The summed E-state index contributed by atoms with van der Waals surface area (Å²) in [6, 6.07) is 14.1. The maximum Gasteiger partial charge on any atom is 0.119 e. The molecule has 0 bridgehead atoms. The van der Waals surface area contributed by atoms with Gasteiger partial charge < -0.3 is 5.11 Å². The summed E-state index contributed by atoms with van der Waals surface area (Å²) in [6.45, 7) is 4.21. The Morgan fingerprint density at radius 2 is 1.53 bits per heavy atom. The Hall–Kier alpha value is -2.02. The maximum atomic E-state index is 9.91. The molecular formula is C18H20O. The first kappa shape index (κ1) is 13.4. The van der Waals surface area contributed by atoms with Gasteiger partial charge in [-0.2, -0.15) is 0 Å². The van der Waals surface area contributed by atoms with E-state index in [-0.39, 0.29) is 0 Å². The van der Waals surface area contributed by atoms with Crippen LogP contribution in [-0.4, -0.2) is 5.11 Å². The Kier molecular flexibility index (Phi) is 4.40. The van der Waals surface area contributed by atoms with Gasteiger partial charge in [-0.1, -0.05) is 62.4 Å². The third-order valence-corrected chi connectivity index (χ3v) is 3.40. The number of phenolic OH excluding ortho intramolecular Hbond substituents is 1. The van der Waals surface area contributed by atoms with E-state index in [1.807, 2.05) is 24.3 Å². The molecule has 1 N–H and O–H groups in total. The van der Waals surface area contributed by atoms with Crippen LogP contribution >= 0.6 is 0 Å². The zero-order chi connectivity index (χ0) is 13.7. The highest BCUT2D eigenvalue weighted by Gasteiger charge is 2.08. The van der Waals surface area contributed by atoms with E-state index in [4.69, 9.17) is 0 Å². The Morgan fingerprint density at radius 3 is 2.16 bits per heavy atom. The second-order valence-corrected chi connectivity index (χ2v) is 4.58. The molecule has 2 rings (SSSR count). The molecule has 1 heteroatoms. The molecule has 19 heavy (non-hydrogen) atoms. The van der Waals surface area contributed by atoms with Crippen LogP contribution in [0.25, 0.3) is 12.2 Å². The predicted molar refractivity (Wildman–Crippen MR) is 82.2 cm³/mol. The van der Waals surface area contributed by atoms with Crippen molar-refractivity contribution >= 4 is 12.2 Å². The van der Waals surface area contributed by atoms with Crippen LogP contribution in [0.5, 0.6) is 5.75 Å². The largest absolute Gasteiger partial charge is 0.508 e. The molecule has 0 amide bonds. The normalized spacial score (nSPS) is 11.1. The van der Waals surface area contributed by atoms with Gasteiger partial charge in [-0.3, -0.25) is 0 Å². The topological polar surface area (TPSA) is 20.2 Å². The molecule has 0 atom stereocenters. The quantitative estimate of drug-likeness (QED) is 0.783. The first-order chi connectivity index (χ1) is 9.26. The first-order valence-electron chi connectivity index (χ1n) is 6.83. The van der Waals surface area contributed by atoms with Crippen LogP contribution in [0.15, 0.2) is 42.5 Å². The number of phenols is 1. The fourth-order valence-electron chi connectivity index (χ4n) is 2.42. The Balaban J connectivity index is 2.38. The van der Waals surface area contributed by atoms with Crippen molar-refractivity contribution in [3.8, 4) is 5.75 Å². The standard InChI is InChI=1S/C18H20O/c1-3-16-15(12-13-18(19)17(16)4-2)11-10-14-8-6-5-7-9-14/h5-13,19H,3-4H2,1-2H3/b11-10+. The van der Waals surface area contributed by atoms with Gasteiger partial charge in [0, 0.05) is 0 Å². The Labute approximate surface area is 115 Å². The third-order valence-electron chi connectivity index (χ3n) is 3.40. The molecule has 2 aromatic rings. The van der Waals surface area contributed by atoms with E-state index >= 15 is 0 Å². The molecular weight excluding hydrogens is 232 g/mol. The van der Waals surface area contributed by atoms with Crippen molar-refractivity contribution in [2.75, 3.05) is 0 Å². The zero-order valence-corrected chi connectivity index (χ0v) is 11.6. The average Bonchev–Trinajstić information content (AvgIpc) is 2.46. The molecule has 0 aliphatic rings. The van der Waals surface area contributed by atoms with Gasteiger partial charge in [0.05, 0.1) is 0 Å². The number of rotatable bonds is 4. The minimum absolute atomic E-state index is 0.413. The maximum absolute atomic E-state index is 9.91. The van der Waals surface area contributed by atoms with E-state index in [9.17, 15) is 5.11 Å². The van der Waals surface area contributed by atoms with E-state index < -0.39 is 0 Å². The highest BCUT2D eigenvalue weighted by atomic mass is 16.3. The van der Waals surface area contributed by atoms with Crippen LogP contribution in [0.3, 0.4) is 0 Å². The van der Waals surface area contributed by atoms with Gasteiger partial charge in [0.2, 0.25) is 0 Å². The highest BCUT2D eigenvalue weighted by molar-refractivity contribution is 5.72. The van der Waals surface area contributed by atoms with Crippen molar-refractivity contribution < 1.29 is 5.11 Å². The van der Waals surface area contributed by atoms with Crippen molar-refractivity contribution in [1.29, 1.82) is 0 Å². The number of benzene rings is 2. The lowest BCUT2D eigenvalue weighted by Crippen LogP contribution is -1.95. The summed E-state index contributed by atoms with van der Waals surface area (Å²) >= 11 is 0. The van der Waals surface area contributed by atoms with E-state index in [1.54, 1.807) is 6.07 Å². The van der Waals surface area contributed by atoms with Crippen molar-refractivity contribution in [2.24, 2.45) is 0 Å². The molecule has 0 aliphatic heterocycles. The zero-order valence-electron chi connectivity index (χ0n) is 11.6. The minimum Gasteiger partial charge on any atom is -0.508 e. The fraction of sp³-hybridized carbons (Fsp3) is 0.222. The Morgan fingerprint density at radius 1 is 0.842 bits per heavy atom. The van der Waals surface area contributed by atoms with Crippen LogP contribution in [0.4, 0.5) is 0 Å². The van der Waals surface area contributed by atoms with Gasteiger partial charge in [0.25, 0.3) is 0 Å². The molecule has 0 unspecified atom stereocenters.